The van der Waals surface area contributed by atoms with Crippen LogP contribution in [0.15, 0.2) is 24.3 Å². The first-order chi connectivity index (χ1) is 12.1. The molecule has 25 heavy (non-hydrogen) atoms. The minimum absolute atomic E-state index is 0.0752. The zero-order chi connectivity index (χ0) is 18.4. The van der Waals surface area contributed by atoms with Crippen molar-refractivity contribution in [2.24, 2.45) is 0 Å². The highest BCUT2D eigenvalue weighted by Crippen LogP contribution is 2.35. The highest BCUT2D eigenvalue weighted by atomic mass is 16.2. The van der Waals surface area contributed by atoms with Crippen molar-refractivity contribution in [1.29, 1.82) is 0 Å². The summed E-state index contributed by atoms with van der Waals surface area (Å²) in [5, 5.41) is 3.31. The molecule has 1 aliphatic heterocycles. The quantitative estimate of drug-likeness (QED) is 0.795. The number of amides is 2. The molecule has 3 atom stereocenters. The van der Waals surface area contributed by atoms with Crippen LogP contribution in [0, 0.1) is 0 Å². The molecule has 0 spiro atoms. The molecule has 1 aromatic carbocycles. The largest absolute Gasteiger partial charge is 0.335 e. The van der Waals surface area contributed by atoms with E-state index < -0.39 is 0 Å². The molecule has 1 N–H and O–H groups in total. The molecule has 0 radical (unpaired) electrons. The van der Waals surface area contributed by atoms with Crippen molar-refractivity contribution in [2.75, 3.05) is 25.5 Å². The summed E-state index contributed by atoms with van der Waals surface area (Å²) in [4.78, 5) is 17.0. The van der Waals surface area contributed by atoms with Crippen molar-refractivity contribution in [1.82, 2.24) is 10.2 Å². The van der Waals surface area contributed by atoms with E-state index in [9.17, 15) is 4.79 Å². The van der Waals surface area contributed by atoms with Crippen molar-refractivity contribution in [2.45, 2.75) is 70.9 Å². The molecule has 140 valence electrons. The van der Waals surface area contributed by atoms with E-state index in [2.05, 4.69) is 49.4 Å². The first kappa shape index (κ1) is 19.8. The van der Waals surface area contributed by atoms with Gasteiger partial charge >= 0.3 is 6.03 Å². The number of nitrogens with one attached hydrogen (secondary N) is 1. The van der Waals surface area contributed by atoms with E-state index in [0.29, 0.717) is 18.0 Å². The lowest BCUT2D eigenvalue weighted by Crippen LogP contribution is -2.46. The first-order valence-electron chi connectivity index (χ1n) is 9.89. The fraction of sp³-hybridized carbons (Fsp3) is 0.667. The molecular formula is C21H35N3O. The van der Waals surface area contributed by atoms with Gasteiger partial charge in [-0.15, -0.1) is 0 Å². The Labute approximate surface area is 153 Å². The number of benzene rings is 1. The topological polar surface area (TPSA) is 35.6 Å². The van der Waals surface area contributed by atoms with Crippen LogP contribution in [-0.4, -0.2) is 43.7 Å². The number of nitrogens with zero attached hydrogens (tertiary/aromatic N) is 2. The molecule has 1 aromatic rings. The number of hydrogen-bond donors (Lipinski definition) is 1. The third-order valence-corrected chi connectivity index (χ3v) is 5.41. The normalized spacial score (nSPS) is 25.7. The van der Waals surface area contributed by atoms with Crippen LogP contribution in [0.5, 0.6) is 0 Å². The monoisotopic (exact) mass is 345 g/mol. The number of fused-ring (bicyclic) bond motifs is 1. The lowest BCUT2D eigenvalue weighted by molar-refractivity contribution is 0.230. The molecule has 3 unspecified atom stereocenters. The van der Waals surface area contributed by atoms with Gasteiger partial charge in [0.15, 0.2) is 0 Å². The van der Waals surface area contributed by atoms with E-state index in [-0.39, 0.29) is 6.03 Å². The second-order valence-corrected chi connectivity index (χ2v) is 7.35. The molecule has 1 fully saturated rings. The molecule has 1 heterocycles. The standard InChI is InChI=1S/C19H29N3O.C2H6/c1-14-13-22(18-11-7-6-10-17(14)18)19(23)20-15-8-4-5-9-16(12-15)21(2)3;1-2/h6-7,10-11,14-16H,4-5,8-9,12-13H2,1-3H3,(H,20,23);1-2H3. The molecule has 4 nitrogen and oxygen atoms in total. The molecule has 1 aliphatic carbocycles. The van der Waals surface area contributed by atoms with Crippen LogP contribution >= 0.6 is 0 Å². The first-order valence-corrected chi connectivity index (χ1v) is 9.89. The van der Waals surface area contributed by atoms with Crippen LogP contribution in [0.4, 0.5) is 10.5 Å². The van der Waals surface area contributed by atoms with Gasteiger partial charge in [-0.2, -0.15) is 0 Å². The Balaban J connectivity index is 0.00000109. The summed E-state index contributed by atoms with van der Waals surface area (Å²) >= 11 is 0. The van der Waals surface area contributed by atoms with Crippen LogP contribution in [0.2, 0.25) is 0 Å². The number of urea groups is 1. The lowest BCUT2D eigenvalue weighted by Gasteiger charge is -2.28. The van der Waals surface area contributed by atoms with Gasteiger partial charge in [-0.1, -0.05) is 51.8 Å². The van der Waals surface area contributed by atoms with E-state index in [1.165, 1.54) is 24.8 Å². The number of hydrogen-bond acceptors (Lipinski definition) is 2. The molecular weight excluding hydrogens is 310 g/mol. The number of carbonyl (C=O) groups excluding carboxylic acids is 1. The van der Waals surface area contributed by atoms with Gasteiger partial charge in [0.25, 0.3) is 0 Å². The Hall–Kier alpha value is -1.55. The maximum atomic E-state index is 12.8. The van der Waals surface area contributed by atoms with E-state index >= 15 is 0 Å². The third-order valence-electron chi connectivity index (χ3n) is 5.41. The molecule has 0 saturated heterocycles. The van der Waals surface area contributed by atoms with Crippen molar-refractivity contribution in [3.8, 4) is 0 Å². The van der Waals surface area contributed by atoms with Gasteiger partial charge in [-0.05, 0) is 45.0 Å². The predicted molar refractivity (Wildman–Crippen MR) is 106 cm³/mol. The average Bonchev–Trinajstić information content (AvgIpc) is 2.80. The summed E-state index contributed by atoms with van der Waals surface area (Å²) in [6, 6.07) is 9.23. The average molecular weight is 346 g/mol. The second-order valence-electron chi connectivity index (χ2n) is 7.35. The Morgan fingerprint density at radius 3 is 2.56 bits per heavy atom. The Kier molecular flexibility index (Phi) is 7.30. The minimum Gasteiger partial charge on any atom is -0.335 e. The van der Waals surface area contributed by atoms with Crippen LogP contribution in [-0.2, 0) is 0 Å². The van der Waals surface area contributed by atoms with Gasteiger partial charge in [0, 0.05) is 30.2 Å². The fourth-order valence-electron chi connectivity index (χ4n) is 4.00. The molecule has 0 aromatic heterocycles. The summed E-state index contributed by atoms with van der Waals surface area (Å²) in [6.45, 7) is 6.98. The maximum Gasteiger partial charge on any atom is 0.322 e. The van der Waals surface area contributed by atoms with E-state index in [1.807, 2.05) is 24.8 Å². The third kappa shape index (κ3) is 4.75. The van der Waals surface area contributed by atoms with Crippen LogP contribution < -0.4 is 10.2 Å². The smallest absolute Gasteiger partial charge is 0.322 e. The number of anilines is 1. The number of carbonyl (C=O) groups is 1. The van der Waals surface area contributed by atoms with Gasteiger partial charge in [0.05, 0.1) is 0 Å². The summed E-state index contributed by atoms with van der Waals surface area (Å²) in [5.41, 5.74) is 2.37. The van der Waals surface area contributed by atoms with Gasteiger partial charge < -0.3 is 10.2 Å². The summed E-state index contributed by atoms with van der Waals surface area (Å²) in [7, 11) is 4.29. The Morgan fingerprint density at radius 1 is 1.16 bits per heavy atom. The van der Waals surface area contributed by atoms with E-state index in [0.717, 1.165) is 25.1 Å². The second kappa shape index (κ2) is 9.23. The van der Waals surface area contributed by atoms with Crippen molar-refractivity contribution < 1.29 is 4.79 Å². The van der Waals surface area contributed by atoms with Crippen LogP contribution in [0.3, 0.4) is 0 Å². The molecule has 4 heteroatoms. The van der Waals surface area contributed by atoms with Crippen molar-refractivity contribution in [3.05, 3.63) is 29.8 Å². The van der Waals surface area contributed by atoms with Crippen LogP contribution in [0.1, 0.15) is 64.4 Å². The zero-order valence-electron chi connectivity index (χ0n) is 16.6. The Bertz CT molecular complexity index is 558. The molecule has 1 saturated carbocycles. The maximum absolute atomic E-state index is 12.8. The summed E-state index contributed by atoms with van der Waals surface area (Å²) in [6.07, 6.45) is 5.87. The fourth-order valence-corrected chi connectivity index (χ4v) is 4.00. The van der Waals surface area contributed by atoms with Crippen molar-refractivity contribution >= 4 is 11.7 Å². The van der Waals surface area contributed by atoms with Crippen LogP contribution in [0.25, 0.3) is 0 Å². The highest BCUT2D eigenvalue weighted by molar-refractivity contribution is 5.94. The Morgan fingerprint density at radius 2 is 1.84 bits per heavy atom. The molecule has 3 rings (SSSR count). The SMILES string of the molecule is CC.CC1CN(C(=O)NC2CCCCC(N(C)C)C2)c2ccccc21. The number of rotatable bonds is 2. The predicted octanol–water partition coefficient (Wildman–Crippen LogP) is 4.61. The summed E-state index contributed by atoms with van der Waals surface area (Å²) < 4.78 is 0. The molecule has 2 aliphatic rings. The van der Waals surface area contributed by atoms with Gasteiger partial charge in [-0.3, -0.25) is 4.90 Å². The highest BCUT2D eigenvalue weighted by Gasteiger charge is 2.31. The van der Waals surface area contributed by atoms with Crippen molar-refractivity contribution in [3.63, 3.8) is 0 Å². The minimum atomic E-state index is 0.0752. The number of para-hydroxylation sites is 1. The van der Waals surface area contributed by atoms with Gasteiger partial charge in [-0.25, -0.2) is 4.79 Å². The molecule has 2 amide bonds. The van der Waals surface area contributed by atoms with Gasteiger partial charge in [0.1, 0.15) is 0 Å². The summed E-state index contributed by atoms with van der Waals surface area (Å²) in [5.74, 6) is 0.417. The molecule has 0 bridgehead atoms. The lowest BCUT2D eigenvalue weighted by atomic mass is 10.0. The zero-order valence-corrected chi connectivity index (χ0v) is 16.6. The van der Waals surface area contributed by atoms with E-state index in [4.69, 9.17) is 0 Å². The van der Waals surface area contributed by atoms with Gasteiger partial charge in [0.2, 0.25) is 0 Å². The van der Waals surface area contributed by atoms with E-state index in [1.54, 1.807) is 0 Å².